The molecule has 0 spiro atoms. The first-order valence-electron chi connectivity index (χ1n) is 11.3. The Labute approximate surface area is 193 Å². The van der Waals surface area contributed by atoms with E-state index in [1.165, 1.54) is 7.11 Å². The van der Waals surface area contributed by atoms with Crippen molar-refractivity contribution in [2.24, 2.45) is 17.3 Å². The van der Waals surface area contributed by atoms with E-state index in [1.54, 1.807) is 6.07 Å². The number of methoxy groups -OCH3 is 1. The van der Waals surface area contributed by atoms with Crippen LogP contribution in [0.15, 0.2) is 41.5 Å². The minimum absolute atomic E-state index is 0.0237. The van der Waals surface area contributed by atoms with Crippen molar-refractivity contribution >= 4 is 23.3 Å². The van der Waals surface area contributed by atoms with Crippen molar-refractivity contribution in [1.29, 1.82) is 0 Å². The Kier molecular flexibility index (Phi) is 9.49. The minimum Gasteiger partial charge on any atom is -0.491 e. The first-order valence-corrected chi connectivity index (χ1v) is 11.7. The third-order valence-corrected chi connectivity index (χ3v) is 5.92. The van der Waals surface area contributed by atoms with Crippen molar-refractivity contribution in [3.8, 4) is 5.75 Å². The summed E-state index contributed by atoms with van der Waals surface area (Å²) in [6.07, 6.45) is 9.29. The number of carbonyl (C=O) groups is 1. The van der Waals surface area contributed by atoms with Crippen LogP contribution < -0.4 is 9.64 Å². The van der Waals surface area contributed by atoms with Crippen molar-refractivity contribution in [2.45, 2.75) is 53.9 Å². The zero-order valence-corrected chi connectivity index (χ0v) is 20.7. The number of anilines is 1. The molecule has 0 bridgehead atoms. The van der Waals surface area contributed by atoms with Crippen LogP contribution >= 0.6 is 11.6 Å². The molecule has 2 rings (SSSR count). The van der Waals surface area contributed by atoms with Gasteiger partial charge in [0.1, 0.15) is 5.75 Å². The Balaban J connectivity index is 2.14. The zero-order chi connectivity index (χ0) is 23.0. The number of ether oxygens (including phenoxy) is 2. The average Bonchev–Trinajstić information content (AvgIpc) is 2.83. The molecule has 1 aromatic rings. The number of hydrogen-bond acceptors (Lipinski definition) is 4. The van der Waals surface area contributed by atoms with Crippen LogP contribution in [0.25, 0.3) is 0 Å². The SMILES string of the molecule is C/C=C\C(Cl)=C/C(C)CCCC1(C)COc2ccc(C(=O)OC)cc2N(CC(C)C)C1. The van der Waals surface area contributed by atoms with Crippen LogP contribution in [0.1, 0.15) is 64.2 Å². The number of fused-ring (bicyclic) bond motifs is 1. The molecular weight excluding hydrogens is 410 g/mol. The number of hydrogen-bond donors (Lipinski definition) is 0. The number of rotatable bonds is 9. The van der Waals surface area contributed by atoms with Gasteiger partial charge in [0.05, 0.1) is 25.0 Å². The second kappa shape index (κ2) is 11.6. The first kappa shape index (κ1) is 25.3. The van der Waals surface area contributed by atoms with Crippen LogP contribution in [-0.4, -0.2) is 32.8 Å². The molecule has 0 radical (unpaired) electrons. The van der Waals surface area contributed by atoms with Crippen molar-refractivity contribution in [1.82, 2.24) is 0 Å². The van der Waals surface area contributed by atoms with Gasteiger partial charge in [0.25, 0.3) is 0 Å². The van der Waals surface area contributed by atoms with Crippen LogP contribution in [0.2, 0.25) is 0 Å². The first-order chi connectivity index (χ1) is 14.7. The Morgan fingerprint density at radius 1 is 1.35 bits per heavy atom. The van der Waals surface area contributed by atoms with Crippen LogP contribution in [0.5, 0.6) is 5.75 Å². The largest absolute Gasteiger partial charge is 0.491 e. The van der Waals surface area contributed by atoms with Gasteiger partial charge in [-0.25, -0.2) is 4.79 Å². The Morgan fingerprint density at radius 3 is 2.74 bits per heavy atom. The molecule has 0 saturated heterocycles. The lowest BCUT2D eigenvalue weighted by atomic mass is 9.83. The topological polar surface area (TPSA) is 38.8 Å². The minimum atomic E-state index is -0.321. The van der Waals surface area contributed by atoms with Gasteiger partial charge >= 0.3 is 5.97 Å². The molecule has 31 heavy (non-hydrogen) atoms. The molecular formula is C26H38ClNO3. The fourth-order valence-corrected chi connectivity index (χ4v) is 4.49. The second-order valence-corrected chi connectivity index (χ2v) is 9.91. The summed E-state index contributed by atoms with van der Waals surface area (Å²) in [5.41, 5.74) is 1.56. The van der Waals surface area contributed by atoms with E-state index in [4.69, 9.17) is 21.1 Å². The summed E-state index contributed by atoms with van der Waals surface area (Å²) >= 11 is 6.23. The number of halogens is 1. The smallest absolute Gasteiger partial charge is 0.337 e. The molecule has 1 aliphatic heterocycles. The number of carbonyl (C=O) groups excluding carboxylic acids is 1. The standard InChI is InChI=1S/C26H38ClNO3/c1-7-9-22(27)14-20(4)10-8-13-26(5)17-28(16-19(2)3)23-15-21(25(29)30-6)11-12-24(23)31-18-26/h7,9,11-12,14-15,19-20H,8,10,13,16-18H2,1-6H3/b9-7-,22-14+. The summed E-state index contributed by atoms with van der Waals surface area (Å²) in [4.78, 5) is 14.4. The molecule has 0 amide bonds. The Morgan fingerprint density at radius 2 is 2.10 bits per heavy atom. The molecule has 1 aromatic carbocycles. The highest BCUT2D eigenvalue weighted by Gasteiger charge is 2.33. The van der Waals surface area contributed by atoms with Crippen LogP contribution in [0, 0.1) is 17.3 Å². The normalized spacial score (nSPS) is 20.4. The molecule has 2 unspecified atom stereocenters. The second-order valence-electron chi connectivity index (χ2n) is 9.47. The van der Waals surface area contributed by atoms with E-state index in [2.05, 4.69) is 38.7 Å². The van der Waals surface area contributed by atoms with Gasteiger partial charge in [-0.15, -0.1) is 0 Å². The van der Waals surface area contributed by atoms with Gasteiger partial charge in [-0.05, 0) is 55.9 Å². The fraction of sp³-hybridized carbons (Fsp3) is 0.577. The molecule has 0 aromatic heterocycles. The van der Waals surface area contributed by atoms with E-state index in [1.807, 2.05) is 31.2 Å². The summed E-state index contributed by atoms with van der Waals surface area (Å²) < 4.78 is 11.2. The summed E-state index contributed by atoms with van der Waals surface area (Å²) in [5, 5.41) is 0.805. The summed E-state index contributed by atoms with van der Waals surface area (Å²) in [5.74, 6) is 1.45. The van der Waals surface area contributed by atoms with Crippen molar-refractivity contribution in [3.05, 3.63) is 47.0 Å². The van der Waals surface area contributed by atoms with E-state index in [0.717, 1.165) is 48.8 Å². The van der Waals surface area contributed by atoms with E-state index < -0.39 is 0 Å². The van der Waals surface area contributed by atoms with Crippen LogP contribution in [0.4, 0.5) is 5.69 Å². The molecule has 2 atom stereocenters. The lowest BCUT2D eigenvalue weighted by Gasteiger charge is -2.34. The highest BCUT2D eigenvalue weighted by Crippen LogP contribution is 2.39. The van der Waals surface area contributed by atoms with Gasteiger partial charge in [-0.1, -0.05) is 57.9 Å². The molecule has 172 valence electrons. The molecule has 0 saturated carbocycles. The third-order valence-electron chi connectivity index (χ3n) is 5.66. The Hall–Kier alpha value is -1.94. The monoisotopic (exact) mass is 447 g/mol. The van der Waals surface area contributed by atoms with Crippen molar-refractivity contribution in [2.75, 3.05) is 31.7 Å². The Bertz CT molecular complexity index is 802. The van der Waals surface area contributed by atoms with E-state index in [0.29, 0.717) is 24.0 Å². The highest BCUT2D eigenvalue weighted by atomic mass is 35.5. The quantitative estimate of drug-likeness (QED) is 0.307. The van der Waals surface area contributed by atoms with Gasteiger partial charge in [0.15, 0.2) is 0 Å². The molecule has 4 nitrogen and oxygen atoms in total. The van der Waals surface area contributed by atoms with E-state index in [9.17, 15) is 4.79 Å². The van der Waals surface area contributed by atoms with E-state index >= 15 is 0 Å². The van der Waals surface area contributed by atoms with Crippen LogP contribution in [-0.2, 0) is 4.74 Å². The molecule has 0 N–H and O–H groups in total. The predicted octanol–water partition coefficient (Wildman–Crippen LogP) is 6.84. The molecule has 1 heterocycles. The summed E-state index contributed by atoms with van der Waals surface area (Å²) in [7, 11) is 1.41. The number of nitrogens with zero attached hydrogens (tertiary/aromatic N) is 1. The summed E-state index contributed by atoms with van der Waals surface area (Å²) in [6, 6.07) is 5.59. The van der Waals surface area contributed by atoms with Gasteiger partial charge in [-0.2, -0.15) is 0 Å². The van der Waals surface area contributed by atoms with Crippen molar-refractivity contribution in [3.63, 3.8) is 0 Å². The third kappa shape index (κ3) is 7.60. The maximum Gasteiger partial charge on any atom is 0.337 e. The van der Waals surface area contributed by atoms with Gasteiger partial charge < -0.3 is 14.4 Å². The van der Waals surface area contributed by atoms with Crippen LogP contribution in [0.3, 0.4) is 0 Å². The highest BCUT2D eigenvalue weighted by molar-refractivity contribution is 6.31. The maximum absolute atomic E-state index is 12.1. The lowest BCUT2D eigenvalue weighted by molar-refractivity contribution is 0.0600. The van der Waals surface area contributed by atoms with Gasteiger partial charge in [0.2, 0.25) is 0 Å². The lowest BCUT2D eigenvalue weighted by Crippen LogP contribution is -2.39. The zero-order valence-electron chi connectivity index (χ0n) is 19.9. The molecule has 5 heteroatoms. The molecule has 1 aliphatic rings. The fourth-order valence-electron chi connectivity index (χ4n) is 4.15. The van der Waals surface area contributed by atoms with E-state index in [-0.39, 0.29) is 11.4 Å². The maximum atomic E-state index is 12.1. The number of allylic oxidation sites excluding steroid dienone is 4. The molecule has 0 fully saturated rings. The number of esters is 1. The molecule has 0 aliphatic carbocycles. The predicted molar refractivity (Wildman–Crippen MR) is 130 cm³/mol. The summed E-state index contributed by atoms with van der Waals surface area (Å²) in [6.45, 7) is 13.4. The average molecular weight is 448 g/mol. The van der Waals surface area contributed by atoms with Gasteiger partial charge in [0, 0.05) is 23.5 Å². The van der Waals surface area contributed by atoms with Crippen molar-refractivity contribution < 1.29 is 14.3 Å². The van der Waals surface area contributed by atoms with Gasteiger partial charge in [-0.3, -0.25) is 0 Å². The number of benzene rings is 1.